The highest BCUT2D eigenvalue weighted by Gasteiger charge is 2.17. The fourth-order valence-electron chi connectivity index (χ4n) is 2.03. The van der Waals surface area contributed by atoms with Gasteiger partial charge in [0.1, 0.15) is 5.82 Å². The number of carboxylic acids is 1. The molecule has 0 aliphatic heterocycles. The van der Waals surface area contributed by atoms with Crippen molar-refractivity contribution < 1.29 is 14.7 Å². The van der Waals surface area contributed by atoms with Crippen LogP contribution in [0.2, 0.25) is 0 Å². The van der Waals surface area contributed by atoms with Gasteiger partial charge in [-0.3, -0.25) is 4.79 Å². The molecule has 2 rings (SSSR count). The average molecular weight is 299 g/mol. The maximum atomic E-state index is 12.4. The first-order chi connectivity index (χ1) is 10.4. The molecule has 22 heavy (non-hydrogen) atoms. The number of amides is 1. The second kappa shape index (κ2) is 6.34. The standard InChI is InChI=1S/C16H17N3O3/c1-9(2)14-13(8-17-10(3)18-14)15(20)19-12-6-4-5-11(7-12)16(21)22/h4-9H,1-3H3,(H,19,20)(H,21,22). The predicted molar refractivity (Wildman–Crippen MR) is 82.2 cm³/mol. The zero-order valence-corrected chi connectivity index (χ0v) is 12.6. The number of nitrogens with zero attached hydrogens (tertiary/aromatic N) is 2. The lowest BCUT2D eigenvalue weighted by Gasteiger charge is -2.12. The highest BCUT2D eigenvalue weighted by Crippen LogP contribution is 2.19. The largest absolute Gasteiger partial charge is 0.478 e. The van der Waals surface area contributed by atoms with E-state index in [0.29, 0.717) is 22.8 Å². The number of hydrogen-bond donors (Lipinski definition) is 2. The summed E-state index contributed by atoms with van der Waals surface area (Å²) < 4.78 is 0. The van der Waals surface area contributed by atoms with Crippen LogP contribution in [0, 0.1) is 6.92 Å². The van der Waals surface area contributed by atoms with Crippen LogP contribution in [0.25, 0.3) is 0 Å². The van der Waals surface area contributed by atoms with Crippen molar-refractivity contribution in [1.29, 1.82) is 0 Å². The Bertz CT molecular complexity index is 726. The third-order valence-corrected chi connectivity index (χ3v) is 3.10. The summed E-state index contributed by atoms with van der Waals surface area (Å²) in [7, 11) is 0. The van der Waals surface area contributed by atoms with Gasteiger partial charge in [0.05, 0.1) is 16.8 Å². The molecule has 1 aromatic carbocycles. The summed E-state index contributed by atoms with van der Waals surface area (Å²) in [5.41, 5.74) is 1.59. The van der Waals surface area contributed by atoms with Gasteiger partial charge in [-0.15, -0.1) is 0 Å². The van der Waals surface area contributed by atoms with Gasteiger partial charge in [-0.1, -0.05) is 19.9 Å². The maximum Gasteiger partial charge on any atom is 0.335 e. The molecule has 6 heteroatoms. The number of nitrogens with one attached hydrogen (secondary N) is 1. The first kappa shape index (κ1) is 15.6. The molecule has 6 nitrogen and oxygen atoms in total. The van der Waals surface area contributed by atoms with Crippen LogP contribution in [-0.2, 0) is 0 Å². The van der Waals surface area contributed by atoms with E-state index in [9.17, 15) is 9.59 Å². The Morgan fingerprint density at radius 2 is 2.00 bits per heavy atom. The van der Waals surface area contributed by atoms with E-state index in [0.717, 1.165) is 0 Å². The van der Waals surface area contributed by atoms with E-state index < -0.39 is 5.97 Å². The number of carbonyl (C=O) groups excluding carboxylic acids is 1. The normalized spacial score (nSPS) is 10.5. The monoisotopic (exact) mass is 299 g/mol. The summed E-state index contributed by atoms with van der Waals surface area (Å²) in [6, 6.07) is 6.08. The van der Waals surface area contributed by atoms with Crippen molar-refractivity contribution in [3.05, 3.63) is 53.1 Å². The fraction of sp³-hybridized carbons (Fsp3) is 0.250. The van der Waals surface area contributed by atoms with E-state index in [1.165, 1.54) is 18.3 Å². The molecule has 0 bridgehead atoms. The zero-order valence-electron chi connectivity index (χ0n) is 12.6. The number of carboxylic acid groups (broad SMARTS) is 1. The minimum absolute atomic E-state index is 0.0767. The molecule has 114 valence electrons. The Morgan fingerprint density at radius 3 is 2.64 bits per heavy atom. The molecule has 0 radical (unpaired) electrons. The van der Waals surface area contributed by atoms with Crippen LogP contribution in [-0.4, -0.2) is 27.0 Å². The third-order valence-electron chi connectivity index (χ3n) is 3.10. The molecule has 0 saturated carbocycles. The van der Waals surface area contributed by atoms with Crippen molar-refractivity contribution in [1.82, 2.24) is 9.97 Å². The van der Waals surface area contributed by atoms with Gasteiger partial charge < -0.3 is 10.4 Å². The van der Waals surface area contributed by atoms with Crippen LogP contribution in [0.15, 0.2) is 30.5 Å². The number of aromatic nitrogens is 2. The molecule has 1 aromatic heterocycles. The minimum atomic E-state index is -1.04. The molecule has 2 aromatic rings. The van der Waals surface area contributed by atoms with Gasteiger partial charge in [-0.25, -0.2) is 14.8 Å². The lowest BCUT2D eigenvalue weighted by atomic mass is 10.0. The second-order valence-corrected chi connectivity index (χ2v) is 5.21. The molecular weight excluding hydrogens is 282 g/mol. The summed E-state index contributed by atoms with van der Waals surface area (Å²) >= 11 is 0. The molecule has 2 N–H and O–H groups in total. The first-order valence-corrected chi connectivity index (χ1v) is 6.86. The van der Waals surface area contributed by atoms with E-state index in [4.69, 9.17) is 5.11 Å². The predicted octanol–water partition coefficient (Wildman–Crippen LogP) is 2.86. The topological polar surface area (TPSA) is 92.2 Å². The minimum Gasteiger partial charge on any atom is -0.478 e. The highest BCUT2D eigenvalue weighted by atomic mass is 16.4. The third kappa shape index (κ3) is 3.46. The molecule has 0 atom stereocenters. The molecule has 1 amide bonds. The molecule has 0 aliphatic rings. The molecule has 0 unspecified atom stereocenters. The summed E-state index contributed by atoms with van der Waals surface area (Å²) in [6.07, 6.45) is 1.49. The molecule has 0 fully saturated rings. The van der Waals surface area contributed by atoms with Crippen LogP contribution in [0.3, 0.4) is 0 Å². The number of aromatic carboxylic acids is 1. The van der Waals surface area contributed by atoms with Gasteiger partial charge in [0.15, 0.2) is 0 Å². The van der Waals surface area contributed by atoms with Gasteiger partial charge >= 0.3 is 5.97 Å². The molecule has 0 aliphatic carbocycles. The maximum absolute atomic E-state index is 12.4. The zero-order chi connectivity index (χ0) is 16.3. The lowest BCUT2D eigenvalue weighted by Crippen LogP contribution is -2.17. The van der Waals surface area contributed by atoms with E-state index in [-0.39, 0.29) is 17.4 Å². The van der Waals surface area contributed by atoms with Crippen molar-refractivity contribution in [2.24, 2.45) is 0 Å². The second-order valence-electron chi connectivity index (χ2n) is 5.21. The van der Waals surface area contributed by atoms with E-state index >= 15 is 0 Å². The SMILES string of the molecule is Cc1ncc(C(=O)Nc2cccc(C(=O)O)c2)c(C(C)C)n1. The Morgan fingerprint density at radius 1 is 1.27 bits per heavy atom. The quantitative estimate of drug-likeness (QED) is 0.905. The number of benzene rings is 1. The average Bonchev–Trinajstić information content (AvgIpc) is 2.47. The highest BCUT2D eigenvalue weighted by molar-refractivity contribution is 6.05. The van der Waals surface area contributed by atoms with Crippen LogP contribution in [0.5, 0.6) is 0 Å². The van der Waals surface area contributed by atoms with Crippen LogP contribution < -0.4 is 5.32 Å². The summed E-state index contributed by atoms with van der Waals surface area (Å²) in [5, 5.41) is 11.7. The summed E-state index contributed by atoms with van der Waals surface area (Å²) in [4.78, 5) is 31.7. The van der Waals surface area contributed by atoms with Crippen molar-refractivity contribution in [3.63, 3.8) is 0 Å². The number of carbonyl (C=O) groups is 2. The Balaban J connectivity index is 2.30. The number of hydrogen-bond acceptors (Lipinski definition) is 4. The van der Waals surface area contributed by atoms with E-state index in [1.54, 1.807) is 19.1 Å². The molecule has 0 spiro atoms. The fourth-order valence-corrected chi connectivity index (χ4v) is 2.03. The smallest absolute Gasteiger partial charge is 0.335 e. The molecular formula is C16H17N3O3. The van der Waals surface area contributed by atoms with Gasteiger partial charge in [0.25, 0.3) is 5.91 Å². The Labute approximate surface area is 128 Å². The van der Waals surface area contributed by atoms with Crippen molar-refractivity contribution >= 4 is 17.6 Å². The molecule has 1 heterocycles. The first-order valence-electron chi connectivity index (χ1n) is 6.86. The Kier molecular flexibility index (Phi) is 4.50. The van der Waals surface area contributed by atoms with Crippen LogP contribution >= 0.6 is 0 Å². The van der Waals surface area contributed by atoms with Crippen molar-refractivity contribution in [3.8, 4) is 0 Å². The van der Waals surface area contributed by atoms with Crippen LogP contribution in [0.4, 0.5) is 5.69 Å². The lowest BCUT2D eigenvalue weighted by molar-refractivity contribution is 0.0696. The summed E-state index contributed by atoms with van der Waals surface area (Å²) in [5.74, 6) is -0.718. The van der Waals surface area contributed by atoms with Crippen molar-refractivity contribution in [2.45, 2.75) is 26.7 Å². The van der Waals surface area contributed by atoms with Crippen LogP contribution in [0.1, 0.15) is 52.0 Å². The van der Waals surface area contributed by atoms with Crippen molar-refractivity contribution in [2.75, 3.05) is 5.32 Å². The number of aryl methyl sites for hydroxylation is 1. The van der Waals surface area contributed by atoms with Gasteiger partial charge in [0.2, 0.25) is 0 Å². The van der Waals surface area contributed by atoms with E-state index in [2.05, 4.69) is 15.3 Å². The van der Waals surface area contributed by atoms with Gasteiger partial charge in [-0.05, 0) is 31.0 Å². The molecule has 0 saturated heterocycles. The van der Waals surface area contributed by atoms with Gasteiger partial charge in [0, 0.05) is 11.9 Å². The van der Waals surface area contributed by atoms with Gasteiger partial charge in [-0.2, -0.15) is 0 Å². The number of rotatable bonds is 4. The Hall–Kier alpha value is -2.76. The summed E-state index contributed by atoms with van der Waals surface area (Å²) in [6.45, 7) is 5.66. The number of anilines is 1. The van der Waals surface area contributed by atoms with E-state index in [1.807, 2.05) is 13.8 Å².